The lowest BCUT2D eigenvalue weighted by Crippen LogP contribution is -2.32. The number of ether oxygens (including phenoxy) is 2. The highest BCUT2D eigenvalue weighted by Crippen LogP contribution is 2.65. The van der Waals surface area contributed by atoms with Gasteiger partial charge in [0, 0.05) is 39.2 Å². The van der Waals surface area contributed by atoms with Gasteiger partial charge in [-0.05, 0) is 133 Å². The van der Waals surface area contributed by atoms with Crippen LogP contribution in [-0.4, -0.2) is 0 Å². The van der Waals surface area contributed by atoms with E-state index in [1.54, 1.807) is 0 Å². The Kier molecular flexibility index (Phi) is 9.47. The third-order valence-electron chi connectivity index (χ3n) is 16.8. The largest absolute Gasteiger partial charge is 0.457 e. The molecule has 3 nitrogen and oxygen atoms in total. The topological polar surface area (TPSA) is 21.7 Å². The van der Waals surface area contributed by atoms with Gasteiger partial charge in [-0.2, -0.15) is 0 Å². The van der Waals surface area contributed by atoms with Crippen molar-refractivity contribution in [1.29, 1.82) is 0 Å². The summed E-state index contributed by atoms with van der Waals surface area (Å²) in [4.78, 5) is 2.43. The minimum Gasteiger partial charge on any atom is -0.457 e. The molecule has 0 fully saturated rings. The van der Waals surface area contributed by atoms with Crippen LogP contribution in [0.3, 0.4) is 0 Å². The predicted octanol–water partition coefficient (Wildman–Crippen LogP) is 19.1. The molecule has 4 aliphatic rings. The Balaban J connectivity index is 0.844. The van der Waals surface area contributed by atoms with Crippen LogP contribution >= 0.6 is 0 Å². The summed E-state index contributed by atoms with van der Waals surface area (Å²) < 4.78 is 13.3. The molecule has 0 saturated heterocycles. The molecule has 12 aromatic carbocycles. The van der Waals surface area contributed by atoms with E-state index in [1.807, 2.05) is 0 Å². The zero-order chi connectivity index (χ0) is 50.7. The molecule has 0 unspecified atom stereocenters. The molecule has 2 aliphatic carbocycles. The maximum absolute atomic E-state index is 6.65. The van der Waals surface area contributed by atoms with E-state index < -0.39 is 10.8 Å². The van der Waals surface area contributed by atoms with E-state index >= 15 is 0 Å². The van der Waals surface area contributed by atoms with E-state index in [0.29, 0.717) is 0 Å². The number of benzene rings is 12. The lowest BCUT2D eigenvalue weighted by atomic mass is 9.66. The molecular weight excluding hydrogens is 935 g/mol. The highest BCUT2D eigenvalue weighted by molar-refractivity contribution is 5.98. The summed E-state index contributed by atoms with van der Waals surface area (Å²) in [5.41, 5.74) is 23.9. The monoisotopic (exact) mass is 981 g/mol. The van der Waals surface area contributed by atoms with E-state index in [9.17, 15) is 0 Å². The first kappa shape index (κ1) is 43.4. The summed E-state index contributed by atoms with van der Waals surface area (Å²) in [6.45, 7) is 0. The van der Waals surface area contributed by atoms with Gasteiger partial charge in [-0.15, -0.1) is 0 Å². The molecule has 12 aromatic rings. The SMILES string of the molecule is c1ccc(-c2ccccc2N(c2ccc(-c3cccc4c3-c3ccccc3C43c4ccccc4Oc4ccccc43)cc2)c2cccc(-c3ccc4c(c3)-c3ccccc3C43c4ccccc4Oc4ccccc43)c2)cc1. The minimum absolute atomic E-state index is 0.520. The van der Waals surface area contributed by atoms with Crippen molar-refractivity contribution in [2.45, 2.75) is 10.8 Å². The van der Waals surface area contributed by atoms with Crippen LogP contribution in [0.15, 0.2) is 285 Å². The first-order valence-corrected chi connectivity index (χ1v) is 26.6. The molecular formula is C74H47NO2. The molecule has 0 radical (unpaired) electrons. The molecule has 16 rings (SSSR count). The fraction of sp³-hybridized carbons (Fsp3) is 0.0270. The van der Waals surface area contributed by atoms with Crippen LogP contribution < -0.4 is 14.4 Å². The van der Waals surface area contributed by atoms with Gasteiger partial charge >= 0.3 is 0 Å². The van der Waals surface area contributed by atoms with Gasteiger partial charge in [-0.1, -0.05) is 224 Å². The van der Waals surface area contributed by atoms with Crippen LogP contribution in [0.25, 0.3) is 55.6 Å². The molecule has 0 atom stereocenters. The van der Waals surface area contributed by atoms with Crippen molar-refractivity contribution in [3.63, 3.8) is 0 Å². The highest BCUT2D eigenvalue weighted by atomic mass is 16.5. The second kappa shape index (κ2) is 16.8. The van der Waals surface area contributed by atoms with Crippen LogP contribution in [0.5, 0.6) is 23.0 Å². The molecule has 0 amide bonds. The number of fused-ring (bicyclic) bond motifs is 18. The van der Waals surface area contributed by atoms with Crippen molar-refractivity contribution in [1.82, 2.24) is 0 Å². The second-order valence-electron chi connectivity index (χ2n) is 20.6. The summed E-state index contributed by atoms with van der Waals surface area (Å²) in [5, 5.41) is 0. The number of para-hydroxylation sites is 5. The Morgan fingerprint density at radius 2 is 0.649 bits per heavy atom. The molecule has 3 heteroatoms. The van der Waals surface area contributed by atoms with Crippen molar-refractivity contribution in [3.05, 3.63) is 330 Å². The van der Waals surface area contributed by atoms with Gasteiger partial charge in [0.2, 0.25) is 0 Å². The number of anilines is 3. The van der Waals surface area contributed by atoms with Gasteiger partial charge in [0.25, 0.3) is 0 Å². The normalized spacial score (nSPS) is 13.9. The van der Waals surface area contributed by atoms with E-state index in [1.165, 1.54) is 61.2 Å². The van der Waals surface area contributed by atoms with E-state index in [-0.39, 0.29) is 0 Å². The van der Waals surface area contributed by atoms with Crippen LogP contribution in [0.4, 0.5) is 17.1 Å². The van der Waals surface area contributed by atoms with Crippen molar-refractivity contribution in [3.8, 4) is 78.6 Å². The fourth-order valence-corrected chi connectivity index (χ4v) is 13.8. The molecule has 2 heterocycles. The molecule has 0 aromatic heterocycles. The van der Waals surface area contributed by atoms with Gasteiger partial charge in [0.15, 0.2) is 0 Å². The quantitative estimate of drug-likeness (QED) is 0.166. The molecule has 0 N–H and O–H groups in total. The van der Waals surface area contributed by atoms with Gasteiger partial charge in [-0.3, -0.25) is 0 Å². The Labute approximate surface area is 448 Å². The zero-order valence-electron chi connectivity index (χ0n) is 41.9. The number of hydrogen-bond acceptors (Lipinski definition) is 3. The van der Waals surface area contributed by atoms with Crippen molar-refractivity contribution in [2.24, 2.45) is 0 Å². The first-order chi connectivity index (χ1) is 38.2. The Morgan fingerprint density at radius 3 is 1.29 bits per heavy atom. The number of nitrogens with zero attached hydrogens (tertiary/aromatic N) is 1. The van der Waals surface area contributed by atoms with Gasteiger partial charge in [0.05, 0.1) is 16.5 Å². The predicted molar refractivity (Wildman–Crippen MR) is 312 cm³/mol. The van der Waals surface area contributed by atoms with Crippen LogP contribution in [-0.2, 0) is 10.8 Å². The van der Waals surface area contributed by atoms with Crippen LogP contribution in [0.1, 0.15) is 44.5 Å². The molecule has 0 bridgehead atoms. The van der Waals surface area contributed by atoms with Gasteiger partial charge in [0.1, 0.15) is 23.0 Å². The molecule has 77 heavy (non-hydrogen) atoms. The van der Waals surface area contributed by atoms with Crippen molar-refractivity contribution < 1.29 is 9.47 Å². The van der Waals surface area contributed by atoms with E-state index in [4.69, 9.17) is 9.47 Å². The Morgan fingerprint density at radius 1 is 0.234 bits per heavy atom. The molecule has 2 spiro atoms. The third kappa shape index (κ3) is 6.14. The standard InChI is InChI=1S/C74H47NO2/c1-2-20-48(21-3-1)54-24-6-13-35-67(54)75(52-43-40-49(41-44-52)55-27-19-34-66-72(55)57-26-5-8-29-60(57)74(66)64-32-11-16-38-70(64)77-71-39-17-12-33-65(71)74)53-23-18-22-50(46-53)51-42-45-61-58(47-51)56-25-4-7-28-59(56)73(61)62-30-9-14-36-68(62)76-69-37-15-10-31-63(69)73/h1-47H. The Bertz CT molecular complexity index is 4270. The molecule has 0 saturated carbocycles. The summed E-state index contributed by atoms with van der Waals surface area (Å²) in [6.07, 6.45) is 0. The van der Waals surface area contributed by atoms with Crippen molar-refractivity contribution in [2.75, 3.05) is 4.90 Å². The van der Waals surface area contributed by atoms with Crippen LogP contribution in [0, 0.1) is 0 Å². The number of rotatable bonds is 6. The number of hydrogen-bond donors (Lipinski definition) is 0. The summed E-state index contributed by atoms with van der Waals surface area (Å²) in [6, 6.07) is 104. The summed E-state index contributed by atoms with van der Waals surface area (Å²) >= 11 is 0. The second-order valence-corrected chi connectivity index (χ2v) is 20.6. The average molecular weight is 982 g/mol. The maximum Gasteiger partial charge on any atom is 0.132 e. The van der Waals surface area contributed by atoms with Gasteiger partial charge in [-0.25, -0.2) is 0 Å². The fourth-order valence-electron chi connectivity index (χ4n) is 13.8. The van der Waals surface area contributed by atoms with Crippen molar-refractivity contribution >= 4 is 17.1 Å². The smallest absolute Gasteiger partial charge is 0.132 e. The van der Waals surface area contributed by atoms with E-state index in [2.05, 4.69) is 290 Å². The van der Waals surface area contributed by atoms with Gasteiger partial charge < -0.3 is 14.4 Å². The third-order valence-corrected chi connectivity index (χ3v) is 16.8. The minimum atomic E-state index is -0.540. The lowest BCUT2D eigenvalue weighted by Gasteiger charge is -2.39. The first-order valence-electron chi connectivity index (χ1n) is 26.6. The highest BCUT2D eigenvalue weighted by Gasteiger charge is 2.53. The Hall–Kier alpha value is -9.96. The summed E-state index contributed by atoms with van der Waals surface area (Å²) in [7, 11) is 0. The zero-order valence-corrected chi connectivity index (χ0v) is 41.9. The maximum atomic E-state index is 6.65. The average Bonchev–Trinajstić information content (AvgIpc) is 3.89. The lowest BCUT2D eigenvalue weighted by molar-refractivity contribution is 0.436. The molecule has 360 valence electrons. The summed E-state index contributed by atoms with van der Waals surface area (Å²) in [5.74, 6) is 3.58. The van der Waals surface area contributed by atoms with E-state index in [0.717, 1.165) is 79.0 Å². The molecule has 2 aliphatic heterocycles. The van der Waals surface area contributed by atoms with Crippen LogP contribution in [0.2, 0.25) is 0 Å².